The van der Waals surface area contributed by atoms with Crippen LogP contribution in [0.3, 0.4) is 0 Å². The molecule has 158 valence electrons. The molecule has 7 nitrogen and oxygen atoms in total. The van der Waals surface area contributed by atoms with E-state index in [1.807, 2.05) is 25.2 Å². The van der Waals surface area contributed by atoms with E-state index in [0.29, 0.717) is 28.4 Å². The average Bonchev–Trinajstić information content (AvgIpc) is 3.12. The van der Waals surface area contributed by atoms with Gasteiger partial charge in [-0.3, -0.25) is 4.79 Å². The zero-order chi connectivity index (χ0) is 21.4. The van der Waals surface area contributed by atoms with Crippen molar-refractivity contribution in [3.63, 3.8) is 0 Å². The third kappa shape index (κ3) is 3.20. The number of rotatable bonds is 5. The Morgan fingerprint density at radius 2 is 1.90 bits per heavy atom. The van der Waals surface area contributed by atoms with Gasteiger partial charge in [-0.1, -0.05) is 12.1 Å². The van der Waals surface area contributed by atoms with E-state index in [2.05, 4.69) is 4.90 Å². The molecular weight excluding hydrogens is 386 g/mol. The number of nitrogens with zero attached hydrogens (tertiary/aromatic N) is 1. The quantitative estimate of drug-likeness (QED) is 0.667. The zero-order valence-electron chi connectivity index (χ0n) is 17.2. The fraction of sp³-hybridized carbons (Fsp3) is 0.348. The van der Waals surface area contributed by atoms with E-state index in [4.69, 9.17) is 13.9 Å². The van der Waals surface area contributed by atoms with Crippen LogP contribution in [0.15, 0.2) is 45.6 Å². The van der Waals surface area contributed by atoms with Gasteiger partial charge in [-0.05, 0) is 32.1 Å². The number of ether oxygens (including phenoxy) is 2. The van der Waals surface area contributed by atoms with E-state index >= 15 is 0 Å². The molecule has 0 spiro atoms. The first kappa shape index (κ1) is 20.3. The van der Waals surface area contributed by atoms with Crippen molar-refractivity contribution in [2.45, 2.75) is 18.4 Å². The summed E-state index contributed by atoms with van der Waals surface area (Å²) in [6.07, 6.45) is 0.764. The number of para-hydroxylation sites is 1. The molecule has 1 fully saturated rings. The molecule has 1 aliphatic rings. The predicted molar refractivity (Wildman–Crippen MR) is 114 cm³/mol. The topological polar surface area (TPSA) is 92.4 Å². The molecule has 30 heavy (non-hydrogen) atoms. The van der Waals surface area contributed by atoms with Crippen LogP contribution in [0.25, 0.3) is 22.3 Å². The highest BCUT2D eigenvalue weighted by Gasteiger charge is 2.37. The van der Waals surface area contributed by atoms with Crippen LogP contribution in [0.1, 0.15) is 17.9 Å². The van der Waals surface area contributed by atoms with Crippen LogP contribution in [0.2, 0.25) is 0 Å². The first-order chi connectivity index (χ1) is 14.5. The molecule has 0 radical (unpaired) electrons. The summed E-state index contributed by atoms with van der Waals surface area (Å²) in [5.41, 5.74) is 1.24. The Kier molecular flexibility index (Phi) is 5.40. The van der Waals surface area contributed by atoms with Gasteiger partial charge in [0.05, 0.1) is 26.4 Å². The fourth-order valence-corrected chi connectivity index (χ4v) is 4.42. The molecule has 0 bridgehead atoms. The number of hydrogen-bond acceptors (Lipinski definition) is 7. The number of aromatic hydroxyl groups is 1. The molecule has 1 aromatic heterocycles. The third-order valence-electron chi connectivity index (χ3n) is 5.96. The number of benzene rings is 2. The van der Waals surface area contributed by atoms with Crippen molar-refractivity contribution in [3.05, 3.63) is 52.2 Å². The minimum atomic E-state index is -0.356. The van der Waals surface area contributed by atoms with Crippen LogP contribution in [0, 0.1) is 0 Å². The van der Waals surface area contributed by atoms with Crippen molar-refractivity contribution in [1.82, 2.24) is 4.90 Å². The van der Waals surface area contributed by atoms with Crippen LogP contribution >= 0.6 is 0 Å². The fourth-order valence-electron chi connectivity index (χ4n) is 4.42. The van der Waals surface area contributed by atoms with Gasteiger partial charge in [-0.15, -0.1) is 0 Å². The second-order valence-corrected chi connectivity index (χ2v) is 7.52. The van der Waals surface area contributed by atoms with Crippen LogP contribution < -0.4 is 14.9 Å². The molecule has 2 atom stereocenters. The molecule has 0 aliphatic carbocycles. The number of fused-ring (bicyclic) bond motifs is 1. The van der Waals surface area contributed by atoms with E-state index in [1.54, 1.807) is 13.2 Å². The highest BCUT2D eigenvalue weighted by Crippen LogP contribution is 2.45. The van der Waals surface area contributed by atoms with E-state index in [0.717, 1.165) is 13.0 Å². The Bertz CT molecular complexity index is 1140. The van der Waals surface area contributed by atoms with Crippen molar-refractivity contribution in [2.75, 3.05) is 34.4 Å². The van der Waals surface area contributed by atoms with E-state index < -0.39 is 0 Å². The molecule has 3 aromatic rings. The standard InChI is InChI=1S/C23H25NO6/c1-24-9-8-13(15(24)12-25)21-20(29-3)11-17(27)22-16(26)10-19(30-23(21)22)14-6-4-5-7-18(14)28-2/h4-7,10-11,13,15,25,27H,8-9,12H2,1-3H3/t13-,15+/m1/s1. The average molecular weight is 411 g/mol. The highest BCUT2D eigenvalue weighted by atomic mass is 16.5. The van der Waals surface area contributed by atoms with Gasteiger partial charge in [0.2, 0.25) is 0 Å². The minimum Gasteiger partial charge on any atom is -0.507 e. The number of aliphatic hydroxyl groups excluding tert-OH is 1. The monoisotopic (exact) mass is 411 g/mol. The van der Waals surface area contributed by atoms with Crippen molar-refractivity contribution in [2.24, 2.45) is 0 Å². The maximum atomic E-state index is 13.0. The zero-order valence-corrected chi connectivity index (χ0v) is 17.2. The Labute approximate surface area is 174 Å². The SMILES string of the molecule is COc1ccccc1-c1cc(=O)c2c(O)cc(OC)c([C@@H]3CCN(C)[C@H]3CO)c2o1. The Balaban J connectivity index is 2.04. The normalized spacial score (nSPS) is 19.3. The predicted octanol–water partition coefficient (Wildman–Crippen LogP) is 2.96. The number of likely N-dealkylation sites (tertiary alicyclic amines) is 1. The first-order valence-corrected chi connectivity index (χ1v) is 9.82. The number of likely N-dealkylation sites (N-methyl/N-ethyl adjacent to an activating group) is 1. The van der Waals surface area contributed by atoms with E-state index in [1.165, 1.54) is 19.2 Å². The molecule has 0 saturated carbocycles. The van der Waals surface area contributed by atoms with Gasteiger partial charge >= 0.3 is 0 Å². The number of hydrogen-bond donors (Lipinski definition) is 2. The Morgan fingerprint density at radius 1 is 1.17 bits per heavy atom. The van der Waals surface area contributed by atoms with Crippen LogP contribution in [0.4, 0.5) is 0 Å². The maximum absolute atomic E-state index is 13.0. The summed E-state index contributed by atoms with van der Waals surface area (Å²) in [5, 5.41) is 20.6. The molecule has 0 amide bonds. The summed E-state index contributed by atoms with van der Waals surface area (Å²) >= 11 is 0. The molecule has 7 heteroatoms. The molecule has 0 unspecified atom stereocenters. The van der Waals surface area contributed by atoms with Crippen molar-refractivity contribution < 1.29 is 24.1 Å². The first-order valence-electron chi connectivity index (χ1n) is 9.82. The summed E-state index contributed by atoms with van der Waals surface area (Å²) < 4.78 is 17.2. The smallest absolute Gasteiger partial charge is 0.197 e. The lowest BCUT2D eigenvalue weighted by atomic mass is 9.89. The second-order valence-electron chi connectivity index (χ2n) is 7.52. The number of aliphatic hydroxyl groups is 1. The van der Waals surface area contributed by atoms with Crippen LogP contribution in [-0.4, -0.2) is 55.6 Å². The number of phenolic OH excluding ortho intramolecular Hbond substituents is 1. The minimum absolute atomic E-state index is 0.0386. The van der Waals surface area contributed by atoms with Crippen molar-refractivity contribution in [1.29, 1.82) is 0 Å². The summed E-state index contributed by atoms with van der Waals surface area (Å²) in [4.78, 5) is 15.1. The van der Waals surface area contributed by atoms with Gasteiger partial charge in [0.15, 0.2) is 5.43 Å². The molecule has 1 saturated heterocycles. The number of phenols is 1. The van der Waals surface area contributed by atoms with E-state index in [-0.39, 0.29) is 40.7 Å². The van der Waals surface area contributed by atoms with Gasteiger partial charge in [-0.2, -0.15) is 0 Å². The Hall–Kier alpha value is -3.03. The molecular formula is C23H25NO6. The third-order valence-corrected chi connectivity index (χ3v) is 5.96. The molecule has 2 aromatic carbocycles. The van der Waals surface area contributed by atoms with E-state index in [9.17, 15) is 15.0 Å². The van der Waals surface area contributed by atoms with Gasteiger partial charge in [0, 0.05) is 29.7 Å². The molecule has 4 rings (SSSR count). The summed E-state index contributed by atoms with van der Waals surface area (Å²) in [5.74, 6) is 1.03. The lowest BCUT2D eigenvalue weighted by Gasteiger charge is -2.25. The summed E-state index contributed by atoms with van der Waals surface area (Å²) in [6, 6.07) is 9.93. The van der Waals surface area contributed by atoms with Crippen LogP contribution in [0.5, 0.6) is 17.2 Å². The van der Waals surface area contributed by atoms with Crippen molar-refractivity contribution in [3.8, 4) is 28.6 Å². The number of methoxy groups -OCH3 is 2. The lowest BCUT2D eigenvalue weighted by molar-refractivity contribution is 0.171. The largest absolute Gasteiger partial charge is 0.507 e. The summed E-state index contributed by atoms with van der Waals surface area (Å²) in [6.45, 7) is 0.751. The van der Waals surface area contributed by atoms with Gasteiger partial charge in [-0.25, -0.2) is 0 Å². The summed E-state index contributed by atoms with van der Waals surface area (Å²) in [7, 11) is 5.02. The maximum Gasteiger partial charge on any atom is 0.197 e. The molecule has 2 heterocycles. The lowest BCUT2D eigenvalue weighted by Crippen LogP contribution is -2.32. The second kappa shape index (κ2) is 8.01. The van der Waals surface area contributed by atoms with Gasteiger partial charge < -0.3 is 29.0 Å². The van der Waals surface area contributed by atoms with Crippen molar-refractivity contribution >= 4 is 11.0 Å². The highest BCUT2D eigenvalue weighted by molar-refractivity contribution is 5.90. The Morgan fingerprint density at radius 3 is 2.60 bits per heavy atom. The molecule has 2 N–H and O–H groups in total. The van der Waals surface area contributed by atoms with Crippen LogP contribution in [-0.2, 0) is 0 Å². The molecule has 1 aliphatic heterocycles. The van der Waals surface area contributed by atoms with Gasteiger partial charge in [0.25, 0.3) is 0 Å². The van der Waals surface area contributed by atoms with Gasteiger partial charge in [0.1, 0.15) is 34.0 Å².